The molecule has 4 aromatic heterocycles. The van der Waals surface area contributed by atoms with E-state index in [1.54, 1.807) is 22.7 Å². The van der Waals surface area contributed by atoms with Crippen LogP contribution in [0, 0.1) is 13.8 Å². The van der Waals surface area contributed by atoms with Crippen LogP contribution in [0.2, 0.25) is 0 Å². The molecule has 378 valence electrons. The Labute approximate surface area is 443 Å². The summed E-state index contributed by atoms with van der Waals surface area (Å²) in [5, 5.41) is 0. The maximum Gasteiger partial charge on any atom is 0.261 e. The predicted molar refractivity (Wildman–Crippen MR) is 311 cm³/mol. The summed E-state index contributed by atoms with van der Waals surface area (Å²) in [6.07, 6.45) is 41.0. The molecule has 0 atom stereocenters. The Morgan fingerprint density at radius 2 is 1.00 bits per heavy atom. The summed E-state index contributed by atoms with van der Waals surface area (Å²) in [7, 11) is 0. The van der Waals surface area contributed by atoms with Crippen molar-refractivity contribution < 1.29 is 9.59 Å². The summed E-state index contributed by atoms with van der Waals surface area (Å²) >= 11 is 7.34. The molecule has 0 spiro atoms. The highest BCUT2D eigenvalue weighted by molar-refractivity contribution is 7.23. The molecule has 0 aromatic carbocycles. The number of nitrogens with zero attached hydrogens (tertiary/aromatic N) is 2. The zero-order valence-corrected chi connectivity index (χ0v) is 47.2. The van der Waals surface area contributed by atoms with Crippen LogP contribution in [-0.4, -0.2) is 34.7 Å². The molecule has 71 heavy (non-hydrogen) atoms. The molecule has 8 heteroatoms. The van der Waals surface area contributed by atoms with E-state index in [2.05, 4.69) is 114 Å². The first-order chi connectivity index (χ1) is 34.8. The van der Waals surface area contributed by atoms with Gasteiger partial charge in [-0.25, -0.2) is 0 Å². The van der Waals surface area contributed by atoms with Crippen LogP contribution >= 0.6 is 45.3 Å². The number of hydrogen-bond acceptors (Lipinski definition) is 6. The highest BCUT2D eigenvalue weighted by Crippen LogP contribution is 2.51. The summed E-state index contributed by atoms with van der Waals surface area (Å²) in [4.78, 5) is 44.0. The van der Waals surface area contributed by atoms with Gasteiger partial charge in [-0.15, -0.1) is 45.3 Å². The zero-order valence-electron chi connectivity index (χ0n) is 43.9. The second-order valence-corrected chi connectivity index (χ2v) is 25.1. The SMILES string of the molecule is CCCCCCCCN1C(=O)C2=C(c3ccc(-c4cc(CCCCCC)c(C5=C6C=CC=C(c7sc(C)cc7CCCCCC)C(=CC=C5)C6)s4)s3)N(CCCCCCCC)C(=O)C2=C1c1ccc(C)s1. The van der Waals surface area contributed by atoms with Gasteiger partial charge >= 0.3 is 0 Å². The third-order valence-electron chi connectivity index (χ3n) is 14.7. The van der Waals surface area contributed by atoms with Crippen LogP contribution in [0.4, 0.5) is 0 Å². The van der Waals surface area contributed by atoms with Gasteiger partial charge in [0, 0.05) is 42.4 Å². The monoisotopic (exact) mass is 1020 g/mol. The van der Waals surface area contributed by atoms with E-state index in [1.807, 2.05) is 32.5 Å². The lowest BCUT2D eigenvalue weighted by atomic mass is 9.93. The molecule has 0 radical (unpaired) electrons. The third kappa shape index (κ3) is 12.6. The van der Waals surface area contributed by atoms with E-state index >= 15 is 9.59 Å². The Morgan fingerprint density at radius 1 is 0.479 bits per heavy atom. The number of amides is 2. The fraction of sp³-hybridized carbons (Fsp3) is 0.492. The summed E-state index contributed by atoms with van der Waals surface area (Å²) in [5.74, 6) is -0.00148. The Bertz CT molecular complexity index is 2710. The summed E-state index contributed by atoms with van der Waals surface area (Å²) in [6, 6.07) is 13.6. The Kier molecular flexibility index (Phi) is 19.7. The lowest BCUT2D eigenvalue weighted by Crippen LogP contribution is -2.30. The van der Waals surface area contributed by atoms with Crippen LogP contribution < -0.4 is 0 Å². The Hall–Kier alpha value is -4.08. The number of rotatable bonds is 29. The summed E-state index contributed by atoms with van der Waals surface area (Å²) in [5.41, 5.74) is 11.4. The molecule has 2 amide bonds. The molecule has 0 fully saturated rings. The molecule has 0 unspecified atom stereocenters. The first kappa shape index (κ1) is 53.2. The maximum atomic E-state index is 15.1. The topological polar surface area (TPSA) is 40.6 Å². The molecule has 4 aromatic rings. The van der Waals surface area contributed by atoms with E-state index in [-0.39, 0.29) is 11.8 Å². The second-order valence-electron chi connectivity index (χ2n) is 20.4. The normalized spacial score (nSPS) is 15.8. The number of unbranched alkanes of at least 4 members (excludes halogenated alkanes) is 16. The highest BCUT2D eigenvalue weighted by Gasteiger charge is 2.49. The molecule has 0 N–H and O–H groups in total. The smallest absolute Gasteiger partial charge is 0.261 e. The van der Waals surface area contributed by atoms with Crippen LogP contribution in [0.1, 0.15) is 203 Å². The molecule has 8 rings (SSSR count). The average molecular weight is 1030 g/mol. The van der Waals surface area contributed by atoms with Crippen molar-refractivity contribution in [2.45, 2.75) is 189 Å². The van der Waals surface area contributed by atoms with Crippen molar-refractivity contribution >= 4 is 79.7 Å². The van der Waals surface area contributed by atoms with Gasteiger partial charge in [-0.1, -0.05) is 167 Å². The van der Waals surface area contributed by atoms with Gasteiger partial charge in [0.25, 0.3) is 11.8 Å². The molecular weight excluding hydrogens is 945 g/mol. The molecule has 4 aliphatic rings. The number of hydrogen-bond donors (Lipinski definition) is 0. The quantitative estimate of drug-likeness (QED) is 0.0509. The average Bonchev–Trinajstić information content (AvgIpc) is 4.22. The molecule has 4 nitrogen and oxygen atoms in total. The maximum absolute atomic E-state index is 15.1. The van der Waals surface area contributed by atoms with Gasteiger partial charge in [-0.05, 0) is 129 Å². The number of thiophene rings is 4. The van der Waals surface area contributed by atoms with Gasteiger partial charge in [-0.3, -0.25) is 9.59 Å². The lowest BCUT2D eigenvalue weighted by Gasteiger charge is -2.24. The van der Waals surface area contributed by atoms with Crippen molar-refractivity contribution in [3.63, 3.8) is 0 Å². The minimum Gasteiger partial charge on any atom is -0.306 e. The number of allylic oxidation sites excluding steroid dienone is 10. The van der Waals surface area contributed by atoms with Crippen LogP contribution in [0.15, 0.2) is 95.1 Å². The number of carbonyl (C=O) groups excluding carboxylic acids is 2. The zero-order chi connectivity index (χ0) is 49.7. The lowest BCUT2D eigenvalue weighted by molar-refractivity contribution is -0.124. The van der Waals surface area contributed by atoms with E-state index in [9.17, 15) is 0 Å². The minimum absolute atomic E-state index is 0.000741. The molecule has 0 saturated heterocycles. The highest BCUT2D eigenvalue weighted by atomic mass is 32.1. The fourth-order valence-corrected chi connectivity index (χ4v) is 15.4. The standard InChI is InChI=1S/C63H80N2O2S4/c1-7-11-15-19-21-25-39-64-58(53-36-35-44(5)68-53)56-57(63(64)67)59(65(62(56)66)40-26-22-20-16-12-8-2)54-38-37-52(70-54)55-43-49(30-24-18-14-10-4)61(71-55)51-34-28-31-46-42-47(51)32-27-33-50(46)60-48(41-45(6)69-60)29-23-17-13-9-3/h27-28,31-38,41,43H,7-26,29-30,39-40,42H2,1-6H3. The van der Waals surface area contributed by atoms with Crippen molar-refractivity contribution in [2.24, 2.45) is 0 Å². The van der Waals surface area contributed by atoms with Gasteiger partial charge in [0.1, 0.15) is 0 Å². The first-order valence-electron chi connectivity index (χ1n) is 27.8. The van der Waals surface area contributed by atoms with Crippen molar-refractivity contribution in [3.05, 3.63) is 136 Å². The number of carbonyl (C=O) groups is 2. The second kappa shape index (κ2) is 26.2. The van der Waals surface area contributed by atoms with E-state index in [0.717, 1.165) is 66.1 Å². The third-order valence-corrected chi connectivity index (χ3v) is 19.4. The van der Waals surface area contributed by atoms with Gasteiger partial charge in [0.15, 0.2) is 0 Å². The van der Waals surface area contributed by atoms with Crippen molar-refractivity contribution in [3.8, 4) is 9.75 Å². The van der Waals surface area contributed by atoms with Crippen LogP contribution in [0.5, 0.6) is 0 Å². The van der Waals surface area contributed by atoms with Crippen molar-refractivity contribution in [2.75, 3.05) is 13.1 Å². The largest absolute Gasteiger partial charge is 0.306 e. The first-order valence-corrected chi connectivity index (χ1v) is 31.0. The van der Waals surface area contributed by atoms with Crippen LogP contribution in [0.25, 0.3) is 32.3 Å². The Morgan fingerprint density at radius 3 is 1.59 bits per heavy atom. The number of aryl methyl sites for hydroxylation is 4. The molecular formula is C63H80N2O2S4. The minimum atomic E-state index is -0.000741. The van der Waals surface area contributed by atoms with E-state index in [4.69, 9.17) is 0 Å². The van der Waals surface area contributed by atoms with Crippen LogP contribution in [-0.2, 0) is 22.4 Å². The summed E-state index contributed by atoms with van der Waals surface area (Å²) < 4.78 is 0. The van der Waals surface area contributed by atoms with Gasteiger partial charge < -0.3 is 9.80 Å². The molecule has 2 aliphatic carbocycles. The molecule has 6 heterocycles. The fourth-order valence-electron chi connectivity index (χ4n) is 10.9. The summed E-state index contributed by atoms with van der Waals surface area (Å²) in [6.45, 7) is 14.7. The number of fused-ring (bicyclic) bond motifs is 3. The van der Waals surface area contributed by atoms with Crippen molar-refractivity contribution in [1.29, 1.82) is 0 Å². The molecule has 2 aliphatic heterocycles. The van der Waals surface area contributed by atoms with Crippen LogP contribution in [0.3, 0.4) is 0 Å². The Balaban J connectivity index is 1.14. The molecule has 2 bridgehead atoms. The molecule has 0 saturated carbocycles. The van der Waals surface area contributed by atoms with Gasteiger partial charge in [0.2, 0.25) is 0 Å². The van der Waals surface area contributed by atoms with Gasteiger partial charge in [0.05, 0.1) is 32.3 Å². The van der Waals surface area contributed by atoms with Gasteiger partial charge in [-0.2, -0.15) is 0 Å². The predicted octanol–water partition coefficient (Wildman–Crippen LogP) is 19.3. The van der Waals surface area contributed by atoms with E-state index < -0.39 is 0 Å². The van der Waals surface area contributed by atoms with Crippen molar-refractivity contribution in [1.82, 2.24) is 9.80 Å². The van der Waals surface area contributed by atoms with E-state index in [0.29, 0.717) is 24.2 Å². The van der Waals surface area contributed by atoms with E-state index in [1.165, 1.54) is 165 Å².